The summed E-state index contributed by atoms with van der Waals surface area (Å²) in [7, 11) is 0. The number of hydrogen-bond donors (Lipinski definition) is 1. The number of nitrogens with one attached hydrogen (secondary N) is 1. The first-order chi connectivity index (χ1) is 14.2. The van der Waals surface area contributed by atoms with Gasteiger partial charge in [0.2, 0.25) is 5.91 Å². The molecule has 2 aromatic heterocycles. The summed E-state index contributed by atoms with van der Waals surface area (Å²) in [6, 6.07) is 0. The number of carbonyl (C=O) groups is 1. The second-order valence-electron chi connectivity index (χ2n) is 7.75. The van der Waals surface area contributed by atoms with E-state index in [-0.39, 0.29) is 11.8 Å². The van der Waals surface area contributed by atoms with Gasteiger partial charge in [-0.25, -0.2) is 14.6 Å². The second-order valence-corrected chi connectivity index (χ2v) is 8.53. The molecule has 0 unspecified atom stereocenters. The Balaban J connectivity index is 1.72. The maximum atomic E-state index is 12.5. The molecule has 29 heavy (non-hydrogen) atoms. The molecule has 1 aliphatic rings. The average molecular weight is 419 g/mol. The van der Waals surface area contributed by atoms with E-state index in [0.29, 0.717) is 13.1 Å². The average Bonchev–Trinajstić information content (AvgIpc) is 3.16. The van der Waals surface area contributed by atoms with Gasteiger partial charge in [0.15, 0.2) is 10.8 Å². The Bertz CT molecular complexity index is 796. The van der Waals surface area contributed by atoms with Gasteiger partial charge in [-0.05, 0) is 38.4 Å². The lowest BCUT2D eigenvalue weighted by Crippen LogP contribution is -2.33. The summed E-state index contributed by atoms with van der Waals surface area (Å²) >= 11 is 1.56. The minimum absolute atomic E-state index is 0.121. The summed E-state index contributed by atoms with van der Waals surface area (Å²) in [4.78, 5) is 24.4. The molecular formula is C21H34N6OS. The first-order valence-corrected chi connectivity index (χ1v) is 12.2. The number of nitrogens with zero attached hydrogens (tertiary/aromatic N) is 5. The molecule has 0 aromatic carbocycles. The third-order valence-electron chi connectivity index (χ3n) is 5.56. The van der Waals surface area contributed by atoms with Crippen LogP contribution in [-0.4, -0.2) is 51.5 Å². The van der Waals surface area contributed by atoms with E-state index in [1.165, 1.54) is 19.3 Å². The van der Waals surface area contributed by atoms with Crippen molar-refractivity contribution in [3.05, 3.63) is 6.20 Å². The van der Waals surface area contributed by atoms with Gasteiger partial charge in [-0.1, -0.05) is 38.5 Å². The van der Waals surface area contributed by atoms with Crippen LogP contribution in [0.2, 0.25) is 0 Å². The molecule has 0 radical (unpaired) electrons. The molecule has 7 nitrogen and oxygen atoms in total. The van der Waals surface area contributed by atoms with Crippen molar-refractivity contribution >= 4 is 34.5 Å². The SMILES string of the molecule is CCCC(CCC)C(=O)NCCn1ncc2c(N3CCCCC3)nc(SC)nc21. The lowest BCUT2D eigenvalue weighted by Gasteiger charge is -2.28. The normalized spacial score (nSPS) is 14.7. The van der Waals surface area contributed by atoms with Crippen molar-refractivity contribution in [2.24, 2.45) is 5.92 Å². The van der Waals surface area contributed by atoms with Crippen molar-refractivity contribution in [1.29, 1.82) is 0 Å². The maximum absolute atomic E-state index is 12.5. The molecule has 1 saturated heterocycles. The van der Waals surface area contributed by atoms with Crippen LogP contribution in [0.3, 0.4) is 0 Å². The van der Waals surface area contributed by atoms with Gasteiger partial charge >= 0.3 is 0 Å². The second kappa shape index (κ2) is 10.8. The molecule has 160 valence electrons. The van der Waals surface area contributed by atoms with Crippen LogP contribution in [0.25, 0.3) is 11.0 Å². The molecule has 0 spiro atoms. The molecule has 3 heterocycles. The standard InChI is InChI=1S/C21H34N6OS/c1-4-9-16(10-5-2)20(28)22-11-14-27-19-17(15-23-27)18(24-21(25-19)29-3)26-12-7-6-8-13-26/h15-16H,4-14H2,1-3H3,(H,22,28). The minimum Gasteiger partial charge on any atom is -0.356 e. The van der Waals surface area contributed by atoms with E-state index in [1.54, 1.807) is 11.8 Å². The van der Waals surface area contributed by atoms with Gasteiger partial charge in [-0.15, -0.1) is 0 Å². The molecular weight excluding hydrogens is 384 g/mol. The van der Waals surface area contributed by atoms with Gasteiger partial charge in [0, 0.05) is 25.6 Å². The lowest BCUT2D eigenvalue weighted by atomic mass is 9.97. The zero-order valence-corrected chi connectivity index (χ0v) is 18.8. The van der Waals surface area contributed by atoms with Gasteiger partial charge in [0.1, 0.15) is 5.82 Å². The molecule has 1 amide bonds. The van der Waals surface area contributed by atoms with Crippen molar-refractivity contribution in [3.8, 4) is 0 Å². The Morgan fingerprint density at radius 3 is 2.55 bits per heavy atom. The Hall–Kier alpha value is -1.83. The quantitative estimate of drug-likeness (QED) is 0.466. The molecule has 2 aromatic rings. The van der Waals surface area contributed by atoms with E-state index >= 15 is 0 Å². The third-order valence-corrected chi connectivity index (χ3v) is 6.11. The summed E-state index contributed by atoms with van der Waals surface area (Å²) in [5.74, 6) is 1.29. The highest BCUT2D eigenvalue weighted by molar-refractivity contribution is 7.98. The summed E-state index contributed by atoms with van der Waals surface area (Å²) < 4.78 is 1.90. The fourth-order valence-electron chi connectivity index (χ4n) is 4.06. The largest absolute Gasteiger partial charge is 0.356 e. The van der Waals surface area contributed by atoms with E-state index in [4.69, 9.17) is 9.97 Å². The number of anilines is 1. The topological polar surface area (TPSA) is 75.9 Å². The number of thioether (sulfide) groups is 1. The molecule has 0 atom stereocenters. The molecule has 0 bridgehead atoms. The number of aromatic nitrogens is 4. The Labute approximate surface area is 178 Å². The zero-order valence-electron chi connectivity index (χ0n) is 18.0. The minimum atomic E-state index is 0.121. The van der Waals surface area contributed by atoms with E-state index in [0.717, 1.165) is 60.8 Å². The number of hydrogen-bond acceptors (Lipinski definition) is 6. The summed E-state index contributed by atoms with van der Waals surface area (Å²) in [5.41, 5.74) is 0.859. The van der Waals surface area contributed by atoms with Gasteiger partial charge in [-0.2, -0.15) is 5.10 Å². The van der Waals surface area contributed by atoms with Crippen molar-refractivity contribution in [1.82, 2.24) is 25.1 Å². The molecule has 1 N–H and O–H groups in total. The number of rotatable bonds is 10. The number of piperidine rings is 1. The molecule has 0 aliphatic carbocycles. The van der Waals surface area contributed by atoms with Crippen LogP contribution in [0.5, 0.6) is 0 Å². The predicted octanol–water partition coefficient (Wildman–Crippen LogP) is 3.87. The molecule has 3 rings (SSSR count). The van der Waals surface area contributed by atoms with Gasteiger partial charge in [0.25, 0.3) is 0 Å². The highest BCUT2D eigenvalue weighted by atomic mass is 32.2. The van der Waals surface area contributed by atoms with Gasteiger partial charge < -0.3 is 10.2 Å². The maximum Gasteiger partial charge on any atom is 0.223 e. The van der Waals surface area contributed by atoms with Crippen LogP contribution in [0.4, 0.5) is 5.82 Å². The van der Waals surface area contributed by atoms with E-state index in [9.17, 15) is 4.79 Å². The highest BCUT2D eigenvalue weighted by Crippen LogP contribution is 2.28. The number of fused-ring (bicyclic) bond motifs is 1. The third kappa shape index (κ3) is 5.41. The Kier molecular flexibility index (Phi) is 8.15. The smallest absolute Gasteiger partial charge is 0.223 e. The summed E-state index contributed by atoms with van der Waals surface area (Å²) in [5, 5.41) is 9.45. The fraction of sp³-hybridized carbons (Fsp3) is 0.714. The highest BCUT2D eigenvalue weighted by Gasteiger charge is 2.20. The first kappa shape index (κ1) is 21.9. The van der Waals surface area contributed by atoms with Crippen LogP contribution in [0.15, 0.2) is 11.4 Å². The summed E-state index contributed by atoms with van der Waals surface area (Å²) in [6.07, 6.45) is 11.6. The van der Waals surface area contributed by atoms with Crippen molar-refractivity contribution in [2.75, 3.05) is 30.8 Å². The van der Waals surface area contributed by atoms with Gasteiger partial charge in [-0.3, -0.25) is 4.79 Å². The fourth-order valence-corrected chi connectivity index (χ4v) is 4.41. The Morgan fingerprint density at radius 2 is 1.90 bits per heavy atom. The monoisotopic (exact) mass is 418 g/mol. The van der Waals surface area contributed by atoms with Gasteiger partial charge in [0.05, 0.1) is 18.1 Å². The first-order valence-electron chi connectivity index (χ1n) is 11.0. The van der Waals surface area contributed by atoms with Crippen LogP contribution in [-0.2, 0) is 11.3 Å². The van der Waals surface area contributed by atoms with Crippen LogP contribution < -0.4 is 10.2 Å². The lowest BCUT2D eigenvalue weighted by molar-refractivity contribution is -0.125. The number of carbonyl (C=O) groups excluding carboxylic acids is 1. The van der Waals surface area contributed by atoms with E-state index in [1.807, 2.05) is 17.1 Å². The van der Waals surface area contributed by atoms with Crippen molar-refractivity contribution in [2.45, 2.75) is 70.5 Å². The summed E-state index contributed by atoms with van der Waals surface area (Å²) in [6.45, 7) is 7.53. The predicted molar refractivity (Wildman–Crippen MR) is 119 cm³/mol. The zero-order chi connectivity index (χ0) is 20.6. The van der Waals surface area contributed by atoms with Crippen LogP contribution in [0.1, 0.15) is 58.8 Å². The van der Waals surface area contributed by atoms with Crippen LogP contribution >= 0.6 is 11.8 Å². The van der Waals surface area contributed by atoms with Crippen LogP contribution in [0, 0.1) is 5.92 Å². The number of amides is 1. The Morgan fingerprint density at radius 1 is 1.17 bits per heavy atom. The van der Waals surface area contributed by atoms with E-state index < -0.39 is 0 Å². The van der Waals surface area contributed by atoms with E-state index in [2.05, 4.69) is 29.2 Å². The van der Waals surface area contributed by atoms with Crippen molar-refractivity contribution in [3.63, 3.8) is 0 Å². The molecule has 1 aliphatic heterocycles. The molecule has 1 fully saturated rings. The molecule has 8 heteroatoms. The van der Waals surface area contributed by atoms with Crippen molar-refractivity contribution < 1.29 is 4.79 Å². The molecule has 0 saturated carbocycles.